The second-order valence-corrected chi connectivity index (χ2v) is 7.94. The molecule has 24 heavy (non-hydrogen) atoms. The molecule has 2 rings (SSSR count). The fourth-order valence-corrected chi connectivity index (χ4v) is 3.90. The van der Waals surface area contributed by atoms with E-state index < -0.39 is 0 Å². The van der Waals surface area contributed by atoms with Crippen LogP contribution in [-0.2, 0) is 4.74 Å². The van der Waals surface area contributed by atoms with Crippen molar-refractivity contribution in [1.82, 2.24) is 15.1 Å². The van der Waals surface area contributed by atoms with Crippen LogP contribution in [0.2, 0.25) is 0 Å². The maximum atomic E-state index is 12.5. The fraction of sp³-hybridized carbons (Fsp3) is 0.947. The monoisotopic (exact) mass is 339 g/mol. The van der Waals surface area contributed by atoms with Gasteiger partial charge in [-0.25, -0.2) is 4.79 Å². The molecule has 2 aliphatic rings. The Balaban J connectivity index is 1.72. The first-order valence-electron chi connectivity index (χ1n) is 9.91. The van der Waals surface area contributed by atoms with Gasteiger partial charge in [0, 0.05) is 39.3 Å². The van der Waals surface area contributed by atoms with Gasteiger partial charge in [-0.3, -0.25) is 4.90 Å². The van der Waals surface area contributed by atoms with Crippen molar-refractivity contribution in [1.29, 1.82) is 0 Å². The topological polar surface area (TPSA) is 44.8 Å². The molecule has 1 unspecified atom stereocenters. The molecule has 0 aromatic carbocycles. The van der Waals surface area contributed by atoms with E-state index in [1.807, 2.05) is 11.9 Å². The van der Waals surface area contributed by atoms with Gasteiger partial charge < -0.3 is 15.0 Å². The Morgan fingerprint density at radius 3 is 2.54 bits per heavy atom. The second kappa shape index (κ2) is 10.2. The van der Waals surface area contributed by atoms with Crippen molar-refractivity contribution in [2.75, 3.05) is 39.8 Å². The third-order valence-corrected chi connectivity index (χ3v) is 5.27. The maximum Gasteiger partial charge on any atom is 0.317 e. The molecule has 1 aliphatic heterocycles. The molecule has 0 aromatic heterocycles. The van der Waals surface area contributed by atoms with Gasteiger partial charge in [-0.05, 0) is 18.8 Å². The van der Waals surface area contributed by atoms with Crippen LogP contribution in [-0.4, -0.2) is 67.8 Å². The van der Waals surface area contributed by atoms with Crippen molar-refractivity contribution in [3.05, 3.63) is 0 Å². The minimum absolute atomic E-state index is 0.0603. The predicted molar refractivity (Wildman–Crippen MR) is 98.3 cm³/mol. The lowest BCUT2D eigenvalue weighted by atomic mass is 9.96. The molecular weight excluding hydrogens is 302 g/mol. The number of amides is 2. The molecule has 2 fully saturated rings. The number of carbonyl (C=O) groups is 1. The first-order valence-corrected chi connectivity index (χ1v) is 9.91. The van der Waals surface area contributed by atoms with Gasteiger partial charge in [-0.1, -0.05) is 46.0 Å². The van der Waals surface area contributed by atoms with E-state index in [9.17, 15) is 4.79 Å². The number of ether oxygens (including phenoxy) is 1. The van der Waals surface area contributed by atoms with Crippen molar-refractivity contribution in [3.63, 3.8) is 0 Å². The predicted octanol–water partition coefficient (Wildman–Crippen LogP) is 3.10. The van der Waals surface area contributed by atoms with Gasteiger partial charge in [-0.15, -0.1) is 0 Å². The van der Waals surface area contributed by atoms with E-state index in [1.165, 1.54) is 32.1 Å². The molecule has 1 saturated carbocycles. The highest BCUT2D eigenvalue weighted by atomic mass is 16.5. The number of nitrogens with one attached hydrogen (secondary N) is 1. The average molecular weight is 340 g/mol. The van der Waals surface area contributed by atoms with Gasteiger partial charge in [0.25, 0.3) is 0 Å². The summed E-state index contributed by atoms with van der Waals surface area (Å²) in [6.07, 6.45) is 8.89. The Labute approximate surface area is 148 Å². The van der Waals surface area contributed by atoms with Gasteiger partial charge in [0.05, 0.1) is 12.7 Å². The molecule has 1 atom stereocenters. The van der Waals surface area contributed by atoms with Crippen LogP contribution < -0.4 is 5.32 Å². The second-order valence-electron chi connectivity index (χ2n) is 7.94. The van der Waals surface area contributed by atoms with Crippen LogP contribution in [0.1, 0.15) is 58.8 Å². The normalized spacial score (nSPS) is 24.4. The third kappa shape index (κ3) is 6.60. The van der Waals surface area contributed by atoms with Crippen LogP contribution in [0.25, 0.3) is 0 Å². The zero-order chi connectivity index (χ0) is 17.4. The minimum atomic E-state index is 0.0603. The molecule has 5 heteroatoms. The van der Waals surface area contributed by atoms with Crippen LogP contribution in [0.4, 0.5) is 4.79 Å². The Kier molecular flexibility index (Phi) is 8.33. The summed E-state index contributed by atoms with van der Waals surface area (Å²) in [4.78, 5) is 16.9. The molecule has 140 valence electrons. The van der Waals surface area contributed by atoms with E-state index >= 15 is 0 Å². The van der Waals surface area contributed by atoms with Gasteiger partial charge in [0.2, 0.25) is 0 Å². The summed E-state index contributed by atoms with van der Waals surface area (Å²) in [5.74, 6) is 0.670. The first-order chi connectivity index (χ1) is 11.6. The maximum absolute atomic E-state index is 12.5. The molecule has 1 N–H and O–H groups in total. The number of nitrogens with zero attached hydrogens (tertiary/aromatic N) is 2. The SMILES string of the molecule is CC(C)CN1CCOC(CNC(=O)N(C)C2CCCCCCC2)C1. The Morgan fingerprint density at radius 2 is 1.88 bits per heavy atom. The summed E-state index contributed by atoms with van der Waals surface area (Å²) in [6.45, 7) is 8.91. The standard InChI is InChI=1S/C19H37N3O2/c1-16(2)14-22-11-12-24-18(15-22)13-20-19(23)21(3)17-9-7-5-4-6-8-10-17/h16-18H,4-15H2,1-3H3,(H,20,23). The summed E-state index contributed by atoms with van der Waals surface area (Å²) in [5, 5.41) is 3.09. The van der Waals surface area contributed by atoms with Crippen LogP contribution in [0, 0.1) is 5.92 Å². The summed E-state index contributed by atoms with van der Waals surface area (Å²) >= 11 is 0. The molecule has 0 radical (unpaired) electrons. The van der Waals surface area contributed by atoms with Crippen molar-refractivity contribution >= 4 is 6.03 Å². The van der Waals surface area contributed by atoms with Crippen molar-refractivity contribution < 1.29 is 9.53 Å². The molecule has 1 heterocycles. The quantitative estimate of drug-likeness (QED) is 0.837. The molecular formula is C19H37N3O2. The van der Waals surface area contributed by atoms with Crippen molar-refractivity contribution in [2.45, 2.75) is 70.9 Å². The molecule has 1 saturated heterocycles. The largest absolute Gasteiger partial charge is 0.374 e. The van der Waals surface area contributed by atoms with Crippen molar-refractivity contribution in [2.24, 2.45) is 5.92 Å². The number of morpholine rings is 1. The Morgan fingerprint density at radius 1 is 1.21 bits per heavy atom. The van der Waals surface area contributed by atoms with Crippen molar-refractivity contribution in [3.8, 4) is 0 Å². The van der Waals surface area contributed by atoms with Gasteiger partial charge in [0.15, 0.2) is 0 Å². The Hall–Kier alpha value is -0.810. The average Bonchev–Trinajstić information content (AvgIpc) is 2.51. The number of hydrogen-bond acceptors (Lipinski definition) is 3. The lowest BCUT2D eigenvalue weighted by molar-refractivity contribution is -0.0294. The summed E-state index contributed by atoms with van der Waals surface area (Å²) in [5.41, 5.74) is 0. The molecule has 5 nitrogen and oxygen atoms in total. The van der Waals surface area contributed by atoms with E-state index in [4.69, 9.17) is 4.74 Å². The van der Waals surface area contributed by atoms with Crippen LogP contribution in [0.5, 0.6) is 0 Å². The van der Waals surface area contributed by atoms with Crippen LogP contribution in [0.3, 0.4) is 0 Å². The number of carbonyl (C=O) groups excluding carboxylic acids is 1. The fourth-order valence-electron chi connectivity index (χ4n) is 3.90. The van der Waals surface area contributed by atoms with E-state index in [0.717, 1.165) is 39.1 Å². The van der Waals surface area contributed by atoms with Crippen LogP contribution in [0.15, 0.2) is 0 Å². The lowest BCUT2D eigenvalue weighted by Gasteiger charge is -2.35. The van der Waals surface area contributed by atoms with Crippen LogP contribution >= 0.6 is 0 Å². The zero-order valence-corrected chi connectivity index (χ0v) is 15.9. The zero-order valence-electron chi connectivity index (χ0n) is 15.9. The molecule has 0 bridgehead atoms. The van der Waals surface area contributed by atoms with E-state index in [1.54, 1.807) is 0 Å². The van der Waals surface area contributed by atoms with Gasteiger partial charge in [0.1, 0.15) is 0 Å². The Bertz CT molecular complexity index is 368. The number of urea groups is 1. The summed E-state index contributed by atoms with van der Waals surface area (Å²) < 4.78 is 5.83. The summed E-state index contributed by atoms with van der Waals surface area (Å²) in [6, 6.07) is 0.458. The van der Waals surface area contributed by atoms with E-state index in [2.05, 4.69) is 24.1 Å². The van der Waals surface area contributed by atoms with E-state index in [-0.39, 0.29) is 12.1 Å². The molecule has 0 aromatic rings. The molecule has 2 amide bonds. The van der Waals surface area contributed by atoms with E-state index in [0.29, 0.717) is 18.5 Å². The third-order valence-electron chi connectivity index (χ3n) is 5.27. The summed E-state index contributed by atoms with van der Waals surface area (Å²) in [7, 11) is 1.95. The highest BCUT2D eigenvalue weighted by molar-refractivity contribution is 5.74. The molecule has 1 aliphatic carbocycles. The highest BCUT2D eigenvalue weighted by Gasteiger charge is 2.24. The number of hydrogen-bond donors (Lipinski definition) is 1. The number of rotatable bonds is 5. The lowest BCUT2D eigenvalue weighted by Crippen LogP contribution is -2.51. The first kappa shape index (κ1) is 19.5. The smallest absolute Gasteiger partial charge is 0.317 e. The minimum Gasteiger partial charge on any atom is -0.374 e. The highest BCUT2D eigenvalue weighted by Crippen LogP contribution is 2.20. The molecule has 0 spiro atoms. The van der Waals surface area contributed by atoms with Gasteiger partial charge in [-0.2, -0.15) is 0 Å². The van der Waals surface area contributed by atoms with Gasteiger partial charge >= 0.3 is 6.03 Å².